The Hall–Kier alpha value is -1.28. The molecule has 0 radical (unpaired) electrons. The van der Waals surface area contributed by atoms with E-state index in [1.807, 2.05) is 19.2 Å². The van der Waals surface area contributed by atoms with Gasteiger partial charge in [-0.25, -0.2) is 0 Å². The molecule has 1 saturated carbocycles. The molecule has 2 atom stereocenters. The van der Waals surface area contributed by atoms with E-state index in [-0.39, 0.29) is 24.0 Å². The number of nitrogens with zero attached hydrogens (tertiary/aromatic N) is 2. The van der Waals surface area contributed by atoms with Crippen LogP contribution in [-0.2, 0) is 6.54 Å². The average Bonchev–Trinajstić information content (AvgIpc) is 3.34. The van der Waals surface area contributed by atoms with E-state index in [0.717, 1.165) is 29.9 Å². The number of hydrogen-bond donors (Lipinski definition) is 2. The van der Waals surface area contributed by atoms with Crippen LogP contribution in [0.1, 0.15) is 31.1 Å². The van der Waals surface area contributed by atoms with Crippen molar-refractivity contribution in [2.75, 3.05) is 20.1 Å². The number of benzene rings is 1. The number of aryl methyl sites for hydroxylation is 1. The first-order chi connectivity index (χ1) is 12.2. The van der Waals surface area contributed by atoms with E-state index in [2.05, 4.69) is 46.5 Å². The van der Waals surface area contributed by atoms with E-state index >= 15 is 0 Å². The third-order valence-corrected chi connectivity index (χ3v) is 5.61. The van der Waals surface area contributed by atoms with Crippen molar-refractivity contribution in [3.8, 4) is 0 Å². The minimum atomic E-state index is 0. The van der Waals surface area contributed by atoms with Crippen LogP contribution in [0.3, 0.4) is 0 Å². The number of para-hydroxylation sites is 1. The smallest absolute Gasteiger partial charge is 0.191 e. The summed E-state index contributed by atoms with van der Waals surface area (Å²) in [5.74, 6) is 2.48. The highest BCUT2D eigenvalue weighted by molar-refractivity contribution is 14.0. The summed E-state index contributed by atoms with van der Waals surface area (Å²) in [6.45, 7) is 7.41. The molecule has 6 heteroatoms. The molecular weight excluding hydrogens is 439 g/mol. The quantitative estimate of drug-likeness (QED) is 0.410. The molecule has 1 saturated heterocycles. The summed E-state index contributed by atoms with van der Waals surface area (Å²) in [5, 5.41) is 8.22. The number of halogens is 1. The zero-order chi connectivity index (χ0) is 17.4. The van der Waals surface area contributed by atoms with Gasteiger partial charge in [-0.3, -0.25) is 9.89 Å². The van der Waals surface area contributed by atoms with Crippen molar-refractivity contribution >= 4 is 40.9 Å². The molecule has 4 rings (SSSR count). The van der Waals surface area contributed by atoms with Crippen LogP contribution in [0.15, 0.2) is 33.7 Å². The molecule has 2 heterocycles. The fourth-order valence-corrected chi connectivity index (χ4v) is 3.86. The summed E-state index contributed by atoms with van der Waals surface area (Å²) < 4.78 is 5.99. The van der Waals surface area contributed by atoms with Crippen LogP contribution >= 0.6 is 24.0 Å². The van der Waals surface area contributed by atoms with Crippen molar-refractivity contribution in [3.63, 3.8) is 0 Å². The van der Waals surface area contributed by atoms with Gasteiger partial charge in [-0.05, 0) is 31.7 Å². The van der Waals surface area contributed by atoms with Crippen LogP contribution in [-0.4, -0.2) is 43.1 Å². The van der Waals surface area contributed by atoms with Gasteiger partial charge in [0.15, 0.2) is 5.96 Å². The molecule has 0 spiro atoms. The summed E-state index contributed by atoms with van der Waals surface area (Å²) in [6, 6.07) is 9.49. The van der Waals surface area contributed by atoms with Gasteiger partial charge >= 0.3 is 0 Å². The lowest BCUT2D eigenvalue weighted by Gasteiger charge is -2.20. The molecule has 2 aliphatic rings. The van der Waals surface area contributed by atoms with Crippen molar-refractivity contribution in [2.45, 2.75) is 45.3 Å². The second kappa shape index (κ2) is 8.17. The SMILES string of the molecule is CN=C(NCc1oc2ccccc2c1C)NC1CN(C2CC2)CC1C.I. The molecule has 1 aliphatic heterocycles. The summed E-state index contributed by atoms with van der Waals surface area (Å²) in [4.78, 5) is 7.03. The monoisotopic (exact) mass is 468 g/mol. The number of fused-ring (bicyclic) bond motifs is 1. The van der Waals surface area contributed by atoms with Crippen LogP contribution in [0.2, 0.25) is 0 Å². The normalized spacial score (nSPS) is 23.9. The van der Waals surface area contributed by atoms with Crippen molar-refractivity contribution in [2.24, 2.45) is 10.9 Å². The number of aliphatic imine (C=N–C) groups is 1. The zero-order valence-corrected chi connectivity index (χ0v) is 18.1. The molecule has 1 aliphatic carbocycles. The Kier molecular flexibility index (Phi) is 6.12. The van der Waals surface area contributed by atoms with Crippen LogP contribution in [0.25, 0.3) is 11.0 Å². The van der Waals surface area contributed by atoms with Crippen LogP contribution < -0.4 is 10.6 Å². The van der Waals surface area contributed by atoms with Gasteiger partial charge in [0, 0.05) is 43.2 Å². The number of likely N-dealkylation sites (tertiary alicyclic amines) is 1. The number of rotatable bonds is 4. The molecule has 2 N–H and O–H groups in total. The molecule has 5 nitrogen and oxygen atoms in total. The predicted octanol–water partition coefficient (Wildman–Crippen LogP) is 3.51. The number of nitrogens with one attached hydrogen (secondary N) is 2. The maximum absolute atomic E-state index is 5.99. The summed E-state index contributed by atoms with van der Waals surface area (Å²) in [6.07, 6.45) is 2.75. The first kappa shape index (κ1) is 19.5. The fraction of sp³-hybridized carbons (Fsp3) is 0.550. The van der Waals surface area contributed by atoms with Crippen molar-refractivity contribution in [1.82, 2.24) is 15.5 Å². The summed E-state index contributed by atoms with van der Waals surface area (Å²) in [5.41, 5.74) is 2.15. The minimum Gasteiger partial charge on any atom is -0.459 e. The van der Waals surface area contributed by atoms with E-state index in [0.29, 0.717) is 18.5 Å². The maximum Gasteiger partial charge on any atom is 0.191 e. The van der Waals surface area contributed by atoms with Gasteiger partial charge in [0.05, 0.1) is 6.54 Å². The second-order valence-corrected chi connectivity index (χ2v) is 7.49. The Morgan fingerprint density at radius 2 is 2.04 bits per heavy atom. The summed E-state index contributed by atoms with van der Waals surface area (Å²) in [7, 11) is 1.83. The lowest BCUT2D eigenvalue weighted by Crippen LogP contribution is -2.46. The zero-order valence-electron chi connectivity index (χ0n) is 15.8. The molecule has 1 aromatic heterocycles. The molecule has 2 fully saturated rings. The highest BCUT2D eigenvalue weighted by Gasteiger charge is 2.38. The van der Waals surface area contributed by atoms with Crippen LogP contribution in [0.4, 0.5) is 0 Å². The maximum atomic E-state index is 5.99. The van der Waals surface area contributed by atoms with Crippen molar-refractivity contribution in [1.29, 1.82) is 0 Å². The highest BCUT2D eigenvalue weighted by Crippen LogP contribution is 2.31. The van der Waals surface area contributed by atoms with Gasteiger partial charge < -0.3 is 15.1 Å². The van der Waals surface area contributed by atoms with Crippen molar-refractivity contribution < 1.29 is 4.42 Å². The Balaban J connectivity index is 0.00000196. The summed E-state index contributed by atoms with van der Waals surface area (Å²) >= 11 is 0. The van der Waals surface area contributed by atoms with Crippen molar-refractivity contribution in [3.05, 3.63) is 35.6 Å². The third-order valence-electron chi connectivity index (χ3n) is 5.61. The molecule has 0 bridgehead atoms. The van der Waals surface area contributed by atoms with Crippen LogP contribution in [0.5, 0.6) is 0 Å². The molecule has 26 heavy (non-hydrogen) atoms. The predicted molar refractivity (Wildman–Crippen MR) is 117 cm³/mol. The Labute approximate surface area is 172 Å². The molecule has 0 amide bonds. The van der Waals surface area contributed by atoms with Gasteiger partial charge in [0.2, 0.25) is 0 Å². The second-order valence-electron chi connectivity index (χ2n) is 7.49. The molecule has 142 valence electrons. The van der Waals surface area contributed by atoms with E-state index < -0.39 is 0 Å². The topological polar surface area (TPSA) is 52.8 Å². The van der Waals surface area contributed by atoms with Gasteiger partial charge in [0.25, 0.3) is 0 Å². The number of guanidine groups is 1. The Morgan fingerprint density at radius 3 is 2.73 bits per heavy atom. The third kappa shape index (κ3) is 4.01. The molecular formula is C20H29IN4O. The first-order valence-electron chi connectivity index (χ1n) is 9.34. The number of furan rings is 1. The lowest BCUT2D eigenvalue weighted by atomic mass is 10.1. The van der Waals surface area contributed by atoms with E-state index in [4.69, 9.17) is 4.42 Å². The van der Waals surface area contributed by atoms with Gasteiger partial charge in [0.1, 0.15) is 11.3 Å². The van der Waals surface area contributed by atoms with Gasteiger partial charge in [-0.2, -0.15) is 0 Å². The van der Waals surface area contributed by atoms with Crippen LogP contribution in [0, 0.1) is 12.8 Å². The highest BCUT2D eigenvalue weighted by atomic mass is 127. The first-order valence-corrected chi connectivity index (χ1v) is 9.34. The fourth-order valence-electron chi connectivity index (χ4n) is 3.86. The molecule has 2 aromatic rings. The van der Waals surface area contributed by atoms with E-state index in [9.17, 15) is 0 Å². The number of hydrogen-bond acceptors (Lipinski definition) is 3. The Morgan fingerprint density at radius 1 is 1.27 bits per heavy atom. The average molecular weight is 468 g/mol. The lowest BCUT2D eigenvalue weighted by molar-refractivity contribution is 0.315. The largest absolute Gasteiger partial charge is 0.459 e. The van der Waals surface area contributed by atoms with Gasteiger partial charge in [-0.1, -0.05) is 25.1 Å². The van der Waals surface area contributed by atoms with Gasteiger partial charge in [-0.15, -0.1) is 24.0 Å². The Bertz CT molecular complexity index is 783. The van der Waals surface area contributed by atoms with E-state index in [1.165, 1.54) is 30.3 Å². The minimum absolute atomic E-state index is 0. The molecule has 1 aromatic carbocycles. The standard InChI is InChI=1S/C20H28N4O.HI/c1-13-11-24(15-8-9-15)12-17(13)23-20(21-3)22-10-19-14(2)16-6-4-5-7-18(16)25-19;/h4-7,13,15,17H,8-12H2,1-3H3,(H2,21,22,23);1H. The molecule has 2 unspecified atom stereocenters. The van der Waals surface area contributed by atoms with E-state index in [1.54, 1.807) is 0 Å².